The van der Waals surface area contributed by atoms with Gasteiger partial charge in [-0.3, -0.25) is 0 Å². The number of fused-ring (bicyclic) bond motifs is 1. The van der Waals surface area contributed by atoms with Crippen LogP contribution in [0.3, 0.4) is 0 Å². The Morgan fingerprint density at radius 1 is 1.19 bits per heavy atom. The minimum atomic E-state index is -4.36. The number of aliphatic hydroxyl groups is 1. The number of benzene rings is 1. The summed E-state index contributed by atoms with van der Waals surface area (Å²) < 4.78 is 38.5. The van der Waals surface area contributed by atoms with Crippen molar-refractivity contribution in [1.29, 1.82) is 0 Å². The zero-order valence-electron chi connectivity index (χ0n) is 11.9. The standard InChI is InChI=1S/C16H20F3NO/c17-16(18,19)13-5-3-4-12(10-13)15(21)7-9-20-8-2-1-6-14(20)11-15/h3-5,10,14,21H,1-2,6-9,11H2/t14-,15?/m1/s1. The number of nitrogens with zero attached hydrogens (tertiary/aromatic N) is 1. The predicted octanol–water partition coefficient (Wildman–Crippen LogP) is 3.54. The summed E-state index contributed by atoms with van der Waals surface area (Å²) in [6, 6.07) is 5.48. The molecule has 2 atom stereocenters. The molecule has 21 heavy (non-hydrogen) atoms. The van der Waals surface area contributed by atoms with E-state index in [1.807, 2.05) is 0 Å². The summed E-state index contributed by atoms with van der Waals surface area (Å²) in [4.78, 5) is 2.37. The largest absolute Gasteiger partial charge is 0.416 e. The normalized spacial score (nSPS) is 31.0. The lowest BCUT2D eigenvalue weighted by Crippen LogP contribution is -2.51. The van der Waals surface area contributed by atoms with Crippen LogP contribution in [0, 0.1) is 0 Å². The van der Waals surface area contributed by atoms with Crippen molar-refractivity contribution in [3.8, 4) is 0 Å². The van der Waals surface area contributed by atoms with Crippen molar-refractivity contribution in [2.24, 2.45) is 0 Å². The molecule has 0 aromatic heterocycles. The van der Waals surface area contributed by atoms with Gasteiger partial charge in [-0.15, -0.1) is 0 Å². The Morgan fingerprint density at radius 3 is 2.76 bits per heavy atom. The van der Waals surface area contributed by atoms with Gasteiger partial charge < -0.3 is 10.0 Å². The molecule has 1 aromatic rings. The topological polar surface area (TPSA) is 23.5 Å². The van der Waals surface area contributed by atoms with Crippen LogP contribution < -0.4 is 0 Å². The Labute approximate surface area is 122 Å². The van der Waals surface area contributed by atoms with Crippen molar-refractivity contribution >= 4 is 0 Å². The SMILES string of the molecule is OC1(c2cccc(C(F)(F)F)c2)CCN2CCCC[C@@H]2C1. The summed E-state index contributed by atoms with van der Waals surface area (Å²) in [6.45, 7) is 1.81. The van der Waals surface area contributed by atoms with Gasteiger partial charge in [-0.1, -0.05) is 18.6 Å². The van der Waals surface area contributed by atoms with E-state index in [-0.39, 0.29) is 0 Å². The fourth-order valence-corrected chi connectivity index (χ4v) is 3.65. The van der Waals surface area contributed by atoms with Crippen molar-refractivity contribution in [3.63, 3.8) is 0 Å². The Morgan fingerprint density at radius 2 is 2.00 bits per heavy atom. The maximum atomic E-state index is 12.8. The molecule has 2 nitrogen and oxygen atoms in total. The second-order valence-electron chi connectivity index (χ2n) is 6.25. The first-order valence-electron chi connectivity index (χ1n) is 7.53. The van der Waals surface area contributed by atoms with Gasteiger partial charge in [0, 0.05) is 12.6 Å². The van der Waals surface area contributed by atoms with Crippen LogP contribution in [0.4, 0.5) is 13.2 Å². The molecule has 2 fully saturated rings. The average molecular weight is 299 g/mol. The molecule has 5 heteroatoms. The number of piperidine rings is 2. The molecule has 0 amide bonds. The Bertz CT molecular complexity index is 516. The van der Waals surface area contributed by atoms with Crippen LogP contribution in [-0.4, -0.2) is 29.1 Å². The highest BCUT2D eigenvalue weighted by atomic mass is 19.4. The number of halogens is 3. The van der Waals surface area contributed by atoms with E-state index in [9.17, 15) is 18.3 Å². The van der Waals surface area contributed by atoms with Gasteiger partial charge in [0.2, 0.25) is 0 Å². The van der Waals surface area contributed by atoms with Gasteiger partial charge >= 0.3 is 6.18 Å². The quantitative estimate of drug-likeness (QED) is 0.857. The lowest BCUT2D eigenvalue weighted by molar-refractivity contribution is -0.137. The highest BCUT2D eigenvalue weighted by Gasteiger charge is 2.41. The lowest BCUT2D eigenvalue weighted by atomic mass is 9.78. The van der Waals surface area contributed by atoms with E-state index >= 15 is 0 Å². The molecule has 2 heterocycles. The molecule has 2 aliphatic heterocycles. The molecule has 2 saturated heterocycles. The molecule has 0 radical (unpaired) electrons. The van der Waals surface area contributed by atoms with Crippen LogP contribution in [0.1, 0.15) is 43.2 Å². The molecule has 0 saturated carbocycles. The second-order valence-corrected chi connectivity index (χ2v) is 6.25. The van der Waals surface area contributed by atoms with E-state index < -0.39 is 17.3 Å². The van der Waals surface area contributed by atoms with Crippen LogP contribution in [0.15, 0.2) is 24.3 Å². The summed E-state index contributed by atoms with van der Waals surface area (Å²) in [5.74, 6) is 0. The summed E-state index contributed by atoms with van der Waals surface area (Å²) in [5, 5.41) is 10.9. The van der Waals surface area contributed by atoms with E-state index in [4.69, 9.17) is 0 Å². The zero-order chi connectivity index (χ0) is 15.1. The number of alkyl halides is 3. The van der Waals surface area contributed by atoms with E-state index in [0.717, 1.165) is 38.1 Å². The van der Waals surface area contributed by atoms with Crippen molar-refractivity contribution in [3.05, 3.63) is 35.4 Å². The van der Waals surface area contributed by atoms with Gasteiger partial charge in [0.1, 0.15) is 0 Å². The smallest absolute Gasteiger partial charge is 0.385 e. The molecule has 0 spiro atoms. The first kappa shape index (κ1) is 14.9. The average Bonchev–Trinajstić information content (AvgIpc) is 2.46. The predicted molar refractivity (Wildman–Crippen MR) is 73.8 cm³/mol. The molecule has 1 N–H and O–H groups in total. The first-order valence-corrected chi connectivity index (χ1v) is 7.53. The number of rotatable bonds is 1. The summed E-state index contributed by atoms with van der Waals surface area (Å²) in [5.41, 5.74) is -1.40. The van der Waals surface area contributed by atoms with Crippen LogP contribution in [-0.2, 0) is 11.8 Å². The minimum absolute atomic E-state index is 0.298. The third kappa shape index (κ3) is 2.94. The molecule has 0 bridgehead atoms. The van der Waals surface area contributed by atoms with Crippen molar-refractivity contribution in [2.75, 3.05) is 13.1 Å². The number of hydrogen-bond acceptors (Lipinski definition) is 2. The molecule has 1 aromatic carbocycles. The minimum Gasteiger partial charge on any atom is -0.385 e. The summed E-state index contributed by atoms with van der Waals surface area (Å²) >= 11 is 0. The van der Waals surface area contributed by atoms with Gasteiger partial charge in [-0.25, -0.2) is 0 Å². The van der Waals surface area contributed by atoms with Gasteiger partial charge in [0.15, 0.2) is 0 Å². The van der Waals surface area contributed by atoms with Crippen molar-refractivity contribution in [1.82, 2.24) is 4.90 Å². The van der Waals surface area contributed by atoms with Crippen molar-refractivity contribution in [2.45, 2.75) is 49.9 Å². The van der Waals surface area contributed by atoms with E-state index in [2.05, 4.69) is 4.90 Å². The third-order valence-corrected chi connectivity index (χ3v) is 4.86. The van der Waals surface area contributed by atoms with E-state index in [0.29, 0.717) is 24.4 Å². The monoisotopic (exact) mass is 299 g/mol. The molecule has 3 rings (SSSR count). The second kappa shape index (κ2) is 5.29. The molecule has 116 valence electrons. The maximum Gasteiger partial charge on any atom is 0.416 e. The van der Waals surface area contributed by atoms with E-state index in [1.165, 1.54) is 12.5 Å². The first-order chi connectivity index (χ1) is 9.88. The van der Waals surface area contributed by atoms with Crippen molar-refractivity contribution < 1.29 is 18.3 Å². The molecule has 2 aliphatic rings. The van der Waals surface area contributed by atoms with Crippen LogP contribution in [0.2, 0.25) is 0 Å². The summed E-state index contributed by atoms with van der Waals surface area (Å²) in [6.07, 6.45) is 0.0244. The molecule has 0 aliphatic carbocycles. The van der Waals surface area contributed by atoms with Gasteiger partial charge in [-0.2, -0.15) is 13.2 Å². The zero-order valence-corrected chi connectivity index (χ0v) is 11.9. The molecular weight excluding hydrogens is 279 g/mol. The fraction of sp³-hybridized carbons (Fsp3) is 0.625. The maximum absolute atomic E-state index is 12.8. The molecular formula is C16H20F3NO. The summed E-state index contributed by atoms with van der Waals surface area (Å²) in [7, 11) is 0. The van der Waals surface area contributed by atoms with Gasteiger partial charge in [0.25, 0.3) is 0 Å². The van der Waals surface area contributed by atoms with E-state index in [1.54, 1.807) is 6.07 Å². The van der Waals surface area contributed by atoms with Gasteiger partial charge in [0.05, 0.1) is 11.2 Å². The third-order valence-electron chi connectivity index (χ3n) is 4.86. The fourth-order valence-electron chi connectivity index (χ4n) is 3.65. The molecule has 1 unspecified atom stereocenters. The van der Waals surface area contributed by atoms with Crippen LogP contribution in [0.5, 0.6) is 0 Å². The highest BCUT2D eigenvalue weighted by Crippen LogP contribution is 2.40. The van der Waals surface area contributed by atoms with Crippen LogP contribution in [0.25, 0.3) is 0 Å². The highest BCUT2D eigenvalue weighted by molar-refractivity contribution is 5.30. The lowest BCUT2D eigenvalue weighted by Gasteiger charge is -2.46. The number of hydrogen-bond donors (Lipinski definition) is 1. The Balaban J connectivity index is 1.85. The Hall–Kier alpha value is -1.07. The van der Waals surface area contributed by atoms with Gasteiger partial charge in [-0.05, 0) is 49.9 Å². The Kier molecular flexibility index (Phi) is 3.74. The van der Waals surface area contributed by atoms with Crippen LogP contribution >= 0.6 is 0 Å².